The monoisotopic (exact) mass is 927 g/mol. The Balaban J connectivity index is 3.02. The second-order valence-corrected chi connectivity index (χ2v) is 17.3. The van der Waals surface area contributed by atoms with Crippen LogP contribution in [0.15, 0.2) is 0 Å². The van der Waals surface area contributed by atoms with Gasteiger partial charge in [-0.2, -0.15) is 0 Å². The topological polar surface area (TPSA) is 257 Å². The van der Waals surface area contributed by atoms with Crippen LogP contribution in [0, 0.1) is 5.92 Å². The molecular formula is C41H76N4O17P-. The lowest BCUT2D eigenvalue weighted by molar-refractivity contribution is -0.205. The molecule has 0 aliphatic heterocycles. The van der Waals surface area contributed by atoms with Gasteiger partial charge in [-0.3, -0.25) is 24.0 Å². The smallest absolute Gasteiger partial charge is 0.246 e. The first-order chi connectivity index (χ1) is 30.3. The Kier molecular flexibility index (Phi) is 34.8. The van der Waals surface area contributed by atoms with Gasteiger partial charge in [0.05, 0.1) is 98.6 Å². The van der Waals surface area contributed by atoms with E-state index in [9.17, 15) is 33.4 Å². The predicted molar refractivity (Wildman–Crippen MR) is 228 cm³/mol. The molecule has 1 saturated carbocycles. The van der Waals surface area contributed by atoms with Crippen molar-refractivity contribution >= 4 is 37.0 Å². The highest BCUT2D eigenvalue weighted by molar-refractivity contribution is 7.52. The molecule has 0 radical (unpaired) electrons. The van der Waals surface area contributed by atoms with E-state index in [0.717, 1.165) is 4.90 Å². The number of nitrogens with zero attached hydrogens (tertiary/aromatic N) is 1. The number of ether oxygens (including phenoxy) is 9. The average molecular weight is 928 g/mol. The zero-order chi connectivity index (χ0) is 46.6. The minimum Gasteiger partial charge on any atom is -0.778 e. The molecule has 1 aliphatic rings. The number of nitrogens with one attached hydrogen (secondary N) is 3. The van der Waals surface area contributed by atoms with Crippen molar-refractivity contribution in [1.29, 1.82) is 0 Å². The van der Waals surface area contributed by atoms with E-state index in [4.69, 9.17) is 47.2 Å². The van der Waals surface area contributed by atoms with E-state index in [1.165, 1.54) is 13.8 Å². The highest BCUT2D eigenvalue weighted by Crippen LogP contribution is 2.46. The van der Waals surface area contributed by atoms with E-state index in [1.54, 1.807) is 21.3 Å². The van der Waals surface area contributed by atoms with Gasteiger partial charge in [0.1, 0.15) is 32.5 Å². The first-order valence-electron chi connectivity index (χ1n) is 21.9. The minimum absolute atomic E-state index is 0.0728. The van der Waals surface area contributed by atoms with E-state index in [-0.39, 0.29) is 51.3 Å². The van der Waals surface area contributed by atoms with Crippen LogP contribution in [0.25, 0.3) is 0 Å². The summed E-state index contributed by atoms with van der Waals surface area (Å²) in [5, 5.41) is 8.16. The first-order valence-corrected chi connectivity index (χ1v) is 23.5. The van der Waals surface area contributed by atoms with Crippen molar-refractivity contribution in [2.75, 3.05) is 147 Å². The Labute approximate surface area is 373 Å². The van der Waals surface area contributed by atoms with Crippen LogP contribution in [-0.2, 0) is 75.7 Å². The number of amides is 4. The number of carbonyl (C=O) groups excluding carboxylic acids is 5. The van der Waals surface area contributed by atoms with E-state index >= 15 is 0 Å². The Morgan fingerprint density at radius 3 is 1.49 bits per heavy atom. The van der Waals surface area contributed by atoms with Crippen molar-refractivity contribution in [3.63, 3.8) is 0 Å². The summed E-state index contributed by atoms with van der Waals surface area (Å²) in [4.78, 5) is 80.8. The Bertz CT molecular complexity index is 1260. The Hall–Kier alpha value is -2.66. The average Bonchev–Trinajstić information content (AvgIpc) is 3.25. The highest BCUT2D eigenvalue weighted by atomic mass is 31.2. The zero-order valence-corrected chi connectivity index (χ0v) is 39.1. The molecule has 0 aromatic carbocycles. The maximum atomic E-state index is 14.3. The number of ketones is 1. The van der Waals surface area contributed by atoms with Gasteiger partial charge in [0.15, 0.2) is 0 Å². The van der Waals surface area contributed by atoms with Gasteiger partial charge in [0.2, 0.25) is 23.6 Å². The van der Waals surface area contributed by atoms with Crippen molar-refractivity contribution in [2.24, 2.45) is 5.92 Å². The summed E-state index contributed by atoms with van der Waals surface area (Å²) in [5.41, 5.74) is -0.687. The number of Topliss-reactive ketones (excluding diaryl/α,β-unsaturated/α-hetero) is 1. The van der Waals surface area contributed by atoms with Crippen molar-refractivity contribution in [1.82, 2.24) is 20.9 Å². The summed E-state index contributed by atoms with van der Waals surface area (Å²) in [7, 11) is 0.657. The summed E-state index contributed by atoms with van der Waals surface area (Å²) in [6, 6.07) is -1.26. The molecule has 368 valence electrons. The van der Waals surface area contributed by atoms with Crippen LogP contribution >= 0.6 is 7.60 Å². The van der Waals surface area contributed by atoms with Gasteiger partial charge >= 0.3 is 0 Å². The molecule has 0 saturated heterocycles. The summed E-state index contributed by atoms with van der Waals surface area (Å²) >= 11 is 0. The van der Waals surface area contributed by atoms with Crippen LogP contribution in [0.4, 0.5) is 0 Å². The maximum Gasteiger partial charge on any atom is 0.246 e. The van der Waals surface area contributed by atoms with E-state index in [2.05, 4.69) is 16.0 Å². The van der Waals surface area contributed by atoms with Crippen molar-refractivity contribution in [2.45, 2.75) is 83.0 Å². The van der Waals surface area contributed by atoms with Crippen molar-refractivity contribution in [3.05, 3.63) is 0 Å². The molecule has 22 heteroatoms. The van der Waals surface area contributed by atoms with Gasteiger partial charge in [0.25, 0.3) is 0 Å². The normalized spacial score (nSPS) is 16.6. The molecule has 0 aromatic heterocycles. The molecule has 0 bridgehead atoms. The van der Waals surface area contributed by atoms with Crippen LogP contribution in [0.1, 0.15) is 65.2 Å². The molecule has 1 aliphatic carbocycles. The molecule has 0 spiro atoms. The van der Waals surface area contributed by atoms with Gasteiger partial charge < -0.3 is 77.5 Å². The fourth-order valence-electron chi connectivity index (χ4n) is 5.92. The largest absolute Gasteiger partial charge is 0.778 e. The van der Waals surface area contributed by atoms with Gasteiger partial charge in [0, 0.05) is 65.4 Å². The lowest BCUT2D eigenvalue weighted by atomic mass is 9.86. The third kappa shape index (κ3) is 30.2. The van der Waals surface area contributed by atoms with Crippen LogP contribution in [-0.4, -0.2) is 199 Å². The van der Waals surface area contributed by atoms with Gasteiger partial charge in [-0.15, -0.1) is 0 Å². The van der Waals surface area contributed by atoms with Crippen LogP contribution in [0.3, 0.4) is 0 Å². The van der Waals surface area contributed by atoms with Crippen molar-refractivity contribution in [3.8, 4) is 0 Å². The molecule has 0 heterocycles. The number of hydrogen-bond acceptors (Lipinski definition) is 17. The molecule has 4 amide bonds. The predicted octanol–water partition coefficient (Wildman–Crippen LogP) is 0.238. The zero-order valence-electron chi connectivity index (χ0n) is 38.2. The summed E-state index contributed by atoms with van der Waals surface area (Å²) in [6.45, 7) is 7.57. The molecule has 1 rings (SSSR count). The fourth-order valence-corrected chi connectivity index (χ4v) is 6.79. The first kappa shape index (κ1) is 58.4. The molecule has 21 nitrogen and oxygen atoms in total. The SMILES string of the molecule is COCCOCCOCCCC(=O)CCC(NC(=O)C1CCC(OP(=O)([O-])C(C)C)CC1)C(=O)N(CC(=O)NCCOCCOCCOC)CC(=O)NCCOCCOCCOC. The highest BCUT2D eigenvalue weighted by Gasteiger charge is 2.34. The van der Waals surface area contributed by atoms with Crippen LogP contribution in [0.5, 0.6) is 0 Å². The molecular weight excluding hydrogens is 851 g/mol. The fraction of sp³-hybridized carbons (Fsp3) is 0.878. The maximum absolute atomic E-state index is 14.3. The van der Waals surface area contributed by atoms with Crippen LogP contribution < -0.4 is 20.8 Å². The molecule has 3 N–H and O–H groups in total. The molecule has 2 atom stereocenters. The summed E-state index contributed by atoms with van der Waals surface area (Å²) < 4.78 is 65.2. The number of methoxy groups -OCH3 is 3. The third-order valence-electron chi connectivity index (χ3n) is 9.57. The Morgan fingerprint density at radius 1 is 0.619 bits per heavy atom. The standard InChI is InChI=1S/C41H77N4O17P/c1-33(2)63(51,52)62-36-11-8-34(9-12-36)40(49)44-37(13-10-35(46)7-6-16-56-25-28-59-22-19-53-3)41(50)45(31-38(47)42-14-17-57-26-29-60-23-20-54-4)32-39(48)43-15-18-58-27-30-61-24-21-55-5/h33-34,36-37H,6-32H2,1-5H3,(H,42,47)(H,43,48)(H,44,49)(H,51,52)/p-1. The van der Waals surface area contributed by atoms with Crippen LogP contribution in [0.2, 0.25) is 0 Å². The van der Waals surface area contributed by atoms with E-state index in [0.29, 0.717) is 118 Å². The van der Waals surface area contributed by atoms with E-state index < -0.39 is 68.0 Å². The lowest BCUT2D eigenvalue weighted by Crippen LogP contribution is -2.54. The minimum atomic E-state index is -4.07. The second-order valence-electron chi connectivity index (χ2n) is 15.0. The second kappa shape index (κ2) is 37.5. The molecule has 2 unspecified atom stereocenters. The molecule has 1 fully saturated rings. The number of hydrogen-bond donors (Lipinski definition) is 3. The Morgan fingerprint density at radius 2 is 1.05 bits per heavy atom. The summed E-state index contributed by atoms with van der Waals surface area (Å²) in [6.07, 6.45) is 1.12. The summed E-state index contributed by atoms with van der Waals surface area (Å²) in [5.74, 6) is -3.07. The number of carbonyl (C=O) groups is 5. The van der Waals surface area contributed by atoms with Gasteiger partial charge in [-0.1, -0.05) is 13.8 Å². The quantitative estimate of drug-likeness (QED) is 0.0548. The third-order valence-corrected chi connectivity index (χ3v) is 11.4. The van der Waals surface area contributed by atoms with Gasteiger partial charge in [-0.25, -0.2) is 0 Å². The molecule has 0 aromatic rings. The molecule has 63 heavy (non-hydrogen) atoms. The van der Waals surface area contributed by atoms with Gasteiger partial charge in [-0.05, 0) is 38.5 Å². The number of rotatable bonds is 41. The van der Waals surface area contributed by atoms with Crippen molar-refractivity contribution < 1.29 is 80.6 Å². The lowest BCUT2D eigenvalue weighted by Gasteiger charge is -2.35. The van der Waals surface area contributed by atoms with E-state index in [1.807, 2.05) is 0 Å².